The van der Waals surface area contributed by atoms with E-state index >= 15 is 0 Å². The van der Waals surface area contributed by atoms with Crippen LogP contribution in [0.1, 0.15) is 54.3 Å². The van der Waals surface area contributed by atoms with Crippen LogP contribution in [0.4, 0.5) is 13.2 Å². The average Bonchev–Trinajstić information content (AvgIpc) is 4.21. The predicted molar refractivity (Wildman–Crippen MR) is 248 cm³/mol. The summed E-state index contributed by atoms with van der Waals surface area (Å²) in [5.41, 5.74) is 3.02. The minimum atomic E-state index is -1.13. The molecule has 0 bridgehead atoms. The van der Waals surface area contributed by atoms with Crippen molar-refractivity contribution in [1.82, 2.24) is 35.8 Å². The molecular formula is C50H43ClF3N7O6. The van der Waals surface area contributed by atoms with Crippen LogP contribution < -0.4 is 16.0 Å². The Labute approximate surface area is 386 Å². The number of nitrogens with zero attached hydrogens (tertiary/aromatic N) is 1. The number of aromatic amines is 3. The largest absolute Gasteiger partial charge is 0.361 e. The highest BCUT2D eigenvalue weighted by Crippen LogP contribution is 2.24. The number of amides is 3. The first kappa shape index (κ1) is 47.2. The van der Waals surface area contributed by atoms with E-state index in [4.69, 9.17) is 11.6 Å². The molecule has 2 saturated heterocycles. The lowest BCUT2D eigenvalue weighted by molar-refractivity contribution is -0.125. The number of hydrogen-bond acceptors (Lipinski definition) is 7. The summed E-state index contributed by atoms with van der Waals surface area (Å²) in [6.07, 6.45) is 5.95. The summed E-state index contributed by atoms with van der Waals surface area (Å²) in [6, 6.07) is 33.7. The molecule has 342 valence electrons. The van der Waals surface area contributed by atoms with E-state index in [-0.39, 0.29) is 52.1 Å². The van der Waals surface area contributed by atoms with Crippen LogP contribution in [0.3, 0.4) is 0 Å². The zero-order chi connectivity index (χ0) is 47.5. The van der Waals surface area contributed by atoms with Gasteiger partial charge in [0, 0.05) is 94.1 Å². The quantitative estimate of drug-likeness (QED) is 0.0508. The fraction of sp³-hybridized carbons (Fsp3) is 0.160. The Balaban J connectivity index is 0.000000144. The fourth-order valence-electron chi connectivity index (χ4n) is 7.61. The normalized spacial score (nSPS) is 15.1. The molecule has 17 heteroatoms. The summed E-state index contributed by atoms with van der Waals surface area (Å²) in [7, 11) is 0. The molecule has 6 N–H and O–H groups in total. The van der Waals surface area contributed by atoms with Gasteiger partial charge in [0.25, 0.3) is 28.7 Å². The molecular weight excluding hydrogens is 887 g/mol. The third-order valence-electron chi connectivity index (χ3n) is 11.0. The van der Waals surface area contributed by atoms with Crippen molar-refractivity contribution in [3.63, 3.8) is 0 Å². The maximum absolute atomic E-state index is 14.1. The number of Topliss-reactive ketones (excluding diaryl/α,β-unsaturated/α-hetero) is 2. The summed E-state index contributed by atoms with van der Waals surface area (Å²) in [4.78, 5) is 81.0. The molecule has 2 fully saturated rings. The zero-order valence-electron chi connectivity index (χ0n) is 35.6. The molecule has 2 atom stereocenters. The second-order valence-electron chi connectivity index (χ2n) is 15.4. The standard InChI is InChI=1S/C21H18FN3O3.C11H14N2O.C10H5ClFNO2.C8H6FN/c22-16-7-4-8-17-18(16)15(11-23-17)19(26)21(28)25-10-9-14(12-25)24-20(27)13-5-2-1-3-6-13;14-11(9-4-2-1-3-5-9)13-10-6-7-12-8-10;11-10(15)9(14)5-4-13-7-3-1-2-6(12)8(5)7;9-7-2-1-3-8-6(7)4-5-10-8/h1-8,11,14,23H,9-10,12H2,(H,24,27);1-5,10,12H,6-8H2,(H,13,14);1-4,13H;1-5,10H. The third-order valence-corrected chi connectivity index (χ3v) is 11.2. The maximum atomic E-state index is 14.1. The van der Waals surface area contributed by atoms with E-state index in [1.807, 2.05) is 42.5 Å². The number of nitrogens with one attached hydrogen (secondary N) is 6. The molecule has 0 spiro atoms. The molecule has 13 nitrogen and oxygen atoms in total. The van der Waals surface area contributed by atoms with Crippen molar-refractivity contribution in [1.29, 1.82) is 0 Å². The van der Waals surface area contributed by atoms with Gasteiger partial charge in [0.1, 0.15) is 17.5 Å². The Morgan fingerprint density at radius 2 is 1.09 bits per heavy atom. The van der Waals surface area contributed by atoms with Gasteiger partial charge in [0.15, 0.2) is 0 Å². The van der Waals surface area contributed by atoms with Gasteiger partial charge >= 0.3 is 0 Å². The molecule has 0 aliphatic carbocycles. The number of rotatable bonds is 8. The molecule has 5 aromatic carbocycles. The van der Waals surface area contributed by atoms with Crippen molar-refractivity contribution < 1.29 is 41.9 Å². The summed E-state index contributed by atoms with van der Waals surface area (Å²) in [5, 5.41) is 8.83. The van der Waals surface area contributed by atoms with Gasteiger partial charge in [-0.1, -0.05) is 54.6 Å². The lowest BCUT2D eigenvalue weighted by Gasteiger charge is -2.16. The number of H-pyrrole nitrogens is 3. The van der Waals surface area contributed by atoms with E-state index in [9.17, 15) is 41.9 Å². The van der Waals surface area contributed by atoms with Gasteiger partial charge in [-0.15, -0.1) is 0 Å². The summed E-state index contributed by atoms with van der Waals surface area (Å²) < 4.78 is 40.3. The number of halogens is 4. The lowest BCUT2D eigenvalue weighted by Crippen LogP contribution is -2.40. The zero-order valence-corrected chi connectivity index (χ0v) is 36.3. The highest BCUT2D eigenvalue weighted by molar-refractivity contribution is 6.83. The van der Waals surface area contributed by atoms with Crippen LogP contribution in [-0.2, 0) is 9.59 Å². The molecule has 8 aromatic rings. The Bertz CT molecular complexity index is 3060. The second-order valence-corrected chi connectivity index (χ2v) is 15.8. The highest BCUT2D eigenvalue weighted by atomic mass is 35.5. The molecule has 0 radical (unpaired) electrons. The monoisotopic (exact) mass is 929 g/mol. The van der Waals surface area contributed by atoms with Crippen LogP contribution in [0, 0.1) is 17.5 Å². The van der Waals surface area contributed by atoms with E-state index in [0.717, 1.165) is 30.6 Å². The number of carbonyl (C=O) groups excluding carboxylic acids is 6. The van der Waals surface area contributed by atoms with Gasteiger partial charge in [-0.25, -0.2) is 13.2 Å². The Morgan fingerprint density at radius 1 is 0.567 bits per heavy atom. The molecule has 67 heavy (non-hydrogen) atoms. The van der Waals surface area contributed by atoms with Crippen LogP contribution in [-0.4, -0.2) is 92.6 Å². The van der Waals surface area contributed by atoms with Crippen LogP contribution in [0.2, 0.25) is 0 Å². The Kier molecular flexibility index (Phi) is 15.4. The Hall–Kier alpha value is -7.82. The number of likely N-dealkylation sites (tertiary alicyclic amines) is 1. The summed E-state index contributed by atoms with van der Waals surface area (Å²) in [6.45, 7) is 2.49. The predicted octanol–water partition coefficient (Wildman–Crippen LogP) is 7.86. The first-order chi connectivity index (χ1) is 32.4. The van der Waals surface area contributed by atoms with Gasteiger partial charge < -0.3 is 35.8 Å². The van der Waals surface area contributed by atoms with Crippen molar-refractivity contribution in [2.45, 2.75) is 24.9 Å². The average molecular weight is 930 g/mol. The van der Waals surface area contributed by atoms with E-state index in [0.29, 0.717) is 41.0 Å². The molecule has 3 amide bonds. The summed E-state index contributed by atoms with van der Waals surface area (Å²) >= 11 is 5.05. The third kappa shape index (κ3) is 11.5. The van der Waals surface area contributed by atoms with Crippen LogP contribution in [0.25, 0.3) is 32.7 Å². The molecule has 0 saturated carbocycles. The summed E-state index contributed by atoms with van der Waals surface area (Å²) in [5.74, 6) is -3.83. The van der Waals surface area contributed by atoms with Gasteiger partial charge in [-0.2, -0.15) is 0 Å². The maximum Gasteiger partial charge on any atom is 0.295 e. The molecule has 2 unspecified atom stereocenters. The molecule has 3 aromatic heterocycles. The van der Waals surface area contributed by atoms with E-state index < -0.39 is 34.4 Å². The van der Waals surface area contributed by atoms with Crippen LogP contribution >= 0.6 is 11.6 Å². The Morgan fingerprint density at radius 3 is 1.61 bits per heavy atom. The number of carbonyl (C=O) groups is 6. The SMILES string of the molecule is Fc1cccc2[nH]ccc12.O=C(Cl)C(=O)c1c[nH]c2cccc(F)c12.O=C(NC1CCN(C(=O)C(=O)c2c[nH]c3cccc(F)c23)C1)c1ccccc1.O=C(NC1CCNC1)c1ccccc1. The molecule has 2 aliphatic rings. The van der Waals surface area contributed by atoms with Crippen LogP contribution in [0.5, 0.6) is 0 Å². The first-order valence-corrected chi connectivity index (χ1v) is 21.5. The van der Waals surface area contributed by atoms with Crippen molar-refractivity contribution in [2.24, 2.45) is 0 Å². The van der Waals surface area contributed by atoms with E-state index in [1.54, 1.807) is 54.7 Å². The van der Waals surface area contributed by atoms with Crippen molar-refractivity contribution in [3.05, 3.63) is 180 Å². The van der Waals surface area contributed by atoms with E-state index in [2.05, 4.69) is 30.9 Å². The molecule has 2 aliphatic heterocycles. The van der Waals surface area contributed by atoms with Crippen molar-refractivity contribution in [2.75, 3.05) is 26.2 Å². The minimum Gasteiger partial charge on any atom is -0.361 e. The second kappa shape index (κ2) is 21.9. The number of aromatic nitrogens is 3. The molecule has 5 heterocycles. The number of ketones is 2. The van der Waals surface area contributed by atoms with Gasteiger partial charge in [0.2, 0.25) is 5.78 Å². The first-order valence-electron chi connectivity index (χ1n) is 21.1. The van der Waals surface area contributed by atoms with Gasteiger partial charge in [-0.3, -0.25) is 28.8 Å². The fourth-order valence-corrected chi connectivity index (χ4v) is 7.71. The van der Waals surface area contributed by atoms with Crippen LogP contribution in [0.15, 0.2) is 140 Å². The van der Waals surface area contributed by atoms with Gasteiger partial charge in [0.05, 0.1) is 11.1 Å². The number of fused-ring (bicyclic) bond motifs is 3. The highest BCUT2D eigenvalue weighted by Gasteiger charge is 2.33. The molecule has 10 rings (SSSR count). The lowest BCUT2D eigenvalue weighted by atomic mass is 10.1. The van der Waals surface area contributed by atoms with Crippen molar-refractivity contribution in [3.8, 4) is 0 Å². The topological polar surface area (TPSA) is 189 Å². The smallest absolute Gasteiger partial charge is 0.295 e. The van der Waals surface area contributed by atoms with E-state index in [1.165, 1.54) is 47.6 Å². The van der Waals surface area contributed by atoms with Crippen molar-refractivity contribution >= 4 is 78.8 Å². The van der Waals surface area contributed by atoms with Gasteiger partial charge in [-0.05, 0) is 97.7 Å². The minimum absolute atomic E-state index is 0.0230. The number of benzene rings is 5. The number of hydrogen-bond donors (Lipinski definition) is 6.